The molecule has 7 heteroatoms. The quantitative estimate of drug-likeness (QED) is 0.244. The first-order chi connectivity index (χ1) is 15.7. The van der Waals surface area contributed by atoms with Crippen LogP contribution < -0.4 is 14.2 Å². The molecule has 0 aliphatic carbocycles. The Morgan fingerprint density at radius 1 is 1.00 bits per heavy atom. The van der Waals surface area contributed by atoms with E-state index < -0.39 is 0 Å². The third-order valence-corrected chi connectivity index (χ3v) is 6.57. The fourth-order valence-corrected chi connectivity index (χ4v) is 4.36. The first-order valence-electron chi connectivity index (χ1n) is 11.0. The van der Waals surface area contributed by atoms with Gasteiger partial charge in [-0.15, -0.1) is 0 Å². The second-order valence-electron chi connectivity index (χ2n) is 8.70. The van der Waals surface area contributed by atoms with Gasteiger partial charge in [0.1, 0.15) is 10.1 Å². The number of benzene rings is 2. The molecule has 1 aliphatic heterocycles. The molecule has 1 saturated heterocycles. The molecule has 3 rings (SSSR count). The van der Waals surface area contributed by atoms with Gasteiger partial charge < -0.3 is 14.2 Å². The number of likely N-dealkylation sites (N-methyl/N-ethyl adjacent to an activating group) is 1. The summed E-state index contributed by atoms with van der Waals surface area (Å²) in [6.45, 7) is 10.1. The van der Waals surface area contributed by atoms with E-state index in [9.17, 15) is 4.79 Å². The molecule has 1 amide bonds. The maximum Gasteiger partial charge on any atom is 0.265 e. The molecule has 0 atom stereocenters. The SMILES string of the molecule is CCOc1cc(/C=C2\SC(=S)N(C)C2=O)ccc1OCCCOc1ccc(C(C)(C)C)cc1. The first kappa shape index (κ1) is 25.1. The molecule has 33 heavy (non-hydrogen) atoms. The summed E-state index contributed by atoms with van der Waals surface area (Å²) in [6, 6.07) is 13.9. The number of carbonyl (C=O) groups is 1. The van der Waals surface area contributed by atoms with E-state index in [4.69, 9.17) is 26.4 Å². The third kappa shape index (κ3) is 6.74. The molecule has 1 aliphatic rings. The van der Waals surface area contributed by atoms with Gasteiger partial charge in [0.25, 0.3) is 5.91 Å². The lowest BCUT2D eigenvalue weighted by atomic mass is 9.87. The van der Waals surface area contributed by atoms with Gasteiger partial charge in [-0.1, -0.05) is 63.0 Å². The number of hydrogen-bond donors (Lipinski definition) is 0. The number of ether oxygens (including phenoxy) is 3. The number of rotatable bonds is 9. The van der Waals surface area contributed by atoms with E-state index in [1.165, 1.54) is 22.2 Å². The number of nitrogens with zero attached hydrogens (tertiary/aromatic N) is 1. The van der Waals surface area contributed by atoms with Crippen LogP contribution in [0.4, 0.5) is 0 Å². The lowest BCUT2D eigenvalue weighted by molar-refractivity contribution is -0.121. The van der Waals surface area contributed by atoms with Gasteiger partial charge in [0.05, 0.1) is 24.7 Å². The summed E-state index contributed by atoms with van der Waals surface area (Å²) in [7, 11) is 1.69. The highest BCUT2D eigenvalue weighted by Crippen LogP contribution is 2.34. The Hall–Kier alpha value is -2.51. The standard InChI is InChI=1S/C26H31NO4S2/c1-6-29-22-16-18(17-23-24(28)27(5)25(32)33-23)8-13-21(22)31-15-7-14-30-20-11-9-19(10-12-20)26(2,3)4/h8-13,16-17H,6-7,14-15H2,1-5H3/b23-17-. The highest BCUT2D eigenvalue weighted by molar-refractivity contribution is 8.26. The van der Waals surface area contributed by atoms with Crippen molar-refractivity contribution in [2.75, 3.05) is 26.9 Å². The largest absolute Gasteiger partial charge is 0.493 e. The van der Waals surface area contributed by atoms with Crippen molar-refractivity contribution in [3.05, 3.63) is 58.5 Å². The highest BCUT2D eigenvalue weighted by Gasteiger charge is 2.28. The maximum atomic E-state index is 12.2. The number of thiocarbonyl (C=S) groups is 1. The van der Waals surface area contributed by atoms with Gasteiger partial charge in [-0.05, 0) is 53.8 Å². The van der Waals surface area contributed by atoms with Crippen LogP contribution in [-0.4, -0.2) is 42.0 Å². The number of carbonyl (C=O) groups excluding carboxylic acids is 1. The van der Waals surface area contributed by atoms with Gasteiger partial charge in [0.2, 0.25) is 0 Å². The van der Waals surface area contributed by atoms with E-state index in [0.29, 0.717) is 40.5 Å². The molecule has 1 fully saturated rings. The zero-order valence-corrected chi connectivity index (χ0v) is 21.5. The molecule has 1 heterocycles. The van der Waals surface area contributed by atoms with Crippen LogP contribution in [0.1, 0.15) is 45.2 Å². The summed E-state index contributed by atoms with van der Waals surface area (Å²) in [4.78, 5) is 14.3. The zero-order valence-electron chi connectivity index (χ0n) is 19.8. The van der Waals surface area contributed by atoms with Crippen LogP contribution in [0.3, 0.4) is 0 Å². The van der Waals surface area contributed by atoms with E-state index in [1.807, 2.05) is 43.3 Å². The fourth-order valence-electron chi connectivity index (χ4n) is 3.18. The average Bonchev–Trinajstić information content (AvgIpc) is 3.01. The molecule has 5 nitrogen and oxygen atoms in total. The minimum Gasteiger partial charge on any atom is -0.493 e. The molecule has 0 bridgehead atoms. The van der Waals surface area contributed by atoms with Gasteiger partial charge in [-0.3, -0.25) is 9.69 Å². The van der Waals surface area contributed by atoms with Crippen molar-refractivity contribution < 1.29 is 19.0 Å². The summed E-state index contributed by atoms with van der Waals surface area (Å²) < 4.78 is 18.1. The summed E-state index contributed by atoms with van der Waals surface area (Å²) in [5.74, 6) is 2.10. The van der Waals surface area contributed by atoms with Crippen molar-refractivity contribution in [2.24, 2.45) is 0 Å². The fraction of sp³-hybridized carbons (Fsp3) is 0.385. The van der Waals surface area contributed by atoms with E-state index >= 15 is 0 Å². The van der Waals surface area contributed by atoms with Crippen LogP contribution in [0.15, 0.2) is 47.4 Å². The van der Waals surface area contributed by atoms with E-state index in [1.54, 1.807) is 7.05 Å². The normalized spacial score (nSPS) is 15.3. The predicted octanol–water partition coefficient (Wildman–Crippen LogP) is 6.06. The predicted molar refractivity (Wildman–Crippen MR) is 139 cm³/mol. The third-order valence-electron chi connectivity index (χ3n) is 5.09. The summed E-state index contributed by atoms with van der Waals surface area (Å²) in [5, 5.41) is 0. The molecule has 0 unspecified atom stereocenters. The number of hydrogen-bond acceptors (Lipinski definition) is 6. The van der Waals surface area contributed by atoms with Crippen LogP contribution in [0.25, 0.3) is 6.08 Å². The first-order valence-corrected chi connectivity index (χ1v) is 12.3. The second kappa shape index (κ2) is 11.1. The van der Waals surface area contributed by atoms with Crippen LogP contribution in [-0.2, 0) is 10.2 Å². The molecule has 0 radical (unpaired) electrons. The lowest BCUT2D eigenvalue weighted by Crippen LogP contribution is -2.22. The Kier molecular flexibility index (Phi) is 8.43. The van der Waals surface area contributed by atoms with Gasteiger partial charge >= 0.3 is 0 Å². The van der Waals surface area contributed by atoms with Crippen molar-refractivity contribution in [3.63, 3.8) is 0 Å². The molecule has 0 saturated carbocycles. The molecular formula is C26H31NO4S2. The van der Waals surface area contributed by atoms with Crippen LogP contribution in [0.2, 0.25) is 0 Å². The van der Waals surface area contributed by atoms with Crippen LogP contribution in [0.5, 0.6) is 17.2 Å². The highest BCUT2D eigenvalue weighted by atomic mass is 32.2. The van der Waals surface area contributed by atoms with E-state index in [-0.39, 0.29) is 11.3 Å². The summed E-state index contributed by atoms with van der Waals surface area (Å²) >= 11 is 6.50. The summed E-state index contributed by atoms with van der Waals surface area (Å²) in [5.41, 5.74) is 2.28. The van der Waals surface area contributed by atoms with E-state index in [2.05, 4.69) is 32.9 Å². The Bertz CT molecular complexity index is 1030. The minimum atomic E-state index is -0.0867. The van der Waals surface area contributed by atoms with Crippen LogP contribution in [0, 0.1) is 0 Å². The van der Waals surface area contributed by atoms with Gasteiger partial charge in [-0.25, -0.2) is 0 Å². The molecule has 0 N–H and O–H groups in total. The minimum absolute atomic E-state index is 0.0867. The van der Waals surface area contributed by atoms with Crippen molar-refractivity contribution in [2.45, 2.75) is 39.5 Å². The van der Waals surface area contributed by atoms with E-state index in [0.717, 1.165) is 17.7 Å². The van der Waals surface area contributed by atoms with Crippen molar-refractivity contribution in [1.29, 1.82) is 0 Å². The average molecular weight is 486 g/mol. The molecule has 0 spiro atoms. The van der Waals surface area contributed by atoms with Gasteiger partial charge in [0.15, 0.2) is 11.5 Å². The molecule has 2 aromatic rings. The summed E-state index contributed by atoms with van der Waals surface area (Å²) in [6.07, 6.45) is 2.57. The number of amides is 1. The number of thioether (sulfide) groups is 1. The Balaban J connectivity index is 1.54. The Morgan fingerprint density at radius 3 is 2.30 bits per heavy atom. The van der Waals surface area contributed by atoms with Crippen molar-refractivity contribution >= 4 is 40.3 Å². The topological polar surface area (TPSA) is 48.0 Å². The zero-order chi connectivity index (χ0) is 24.0. The lowest BCUT2D eigenvalue weighted by Gasteiger charge is -2.19. The van der Waals surface area contributed by atoms with Gasteiger partial charge in [-0.2, -0.15) is 0 Å². The monoisotopic (exact) mass is 485 g/mol. The molecular weight excluding hydrogens is 454 g/mol. The molecule has 0 aromatic heterocycles. The smallest absolute Gasteiger partial charge is 0.265 e. The van der Waals surface area contributed by atoms with Crippen molar-refractivity contribution in [3.8, 4) is 17.2 Å². The van der Waals surface area contributed by atoms with Gasteiger partial charge in [0, 0.05) is 13.5 Å². The molecule has 2 aromatic carbocycles. The van der Waals surface area contributed by atoms with Crippen LogP contribution >= 0.6 is 24.0 Å². The Morgan fingerprint density at radius 2 is 1.70 bits per heavy atom. The maximum absolute atomic E-state index is 12.2. The van der Waals surface area contributed by atoms with Crippen molar-refractivity contribution in [1.82, 2.24) is 4.90 Å². The second-order valence-corrected chi connectivity index (χ2v) is 10.4. The Labute approximate surface area is 206 Å². The molecule has 176 valence electrons.